The van der Waals surface area contributed by atoms with Gasteiger partial charge in [0.25, 0.3) is 0 Å². The molecule has 1 atom stereocenters. The van der Waals surface area contributed by atoms with Crippen molar-refractivity contribution in [2.24, 2.45) is 0 Å². The van der Waals surface area contributed by atoms with E-state index in [1.807, 2.05) is 32.0 Å². The van der Waals surface area contributed by atoms with Crippen LogP contribution in [0.2, 0.25) is 0 Å². The Hall–Kier alpha value is -2.38. The highest BCUT2D eigenvalue weighted by atomic mass is 32.2. The zero-order valence-electron chi connectivity index (χ0n) is 15.0. The second-order valence-corrected chi connectivity index (χ2v) is 8.11. The molecule has 0 aliphatic carbocycles. The number of nitrogens with one attached hydrogen (secondary N) is 1. The number of carbonyl (C=O) groups is 1. The summed E-state index contributed by atoms with van der Waals surface area (Å²) >= 11 is 0. The Morgan fingerprint density at radius 2 is 1.88 bits per heavy atom. The summed E-state index contributed by atoms with van der Waals surface area (Å²) in [6, 6.07) is 11.2. The zero-order valence-corrected chi connectivity index (χ0v) is 15.8. The van der Waals surface area contributed by atoms with Crippen molar-refractivity contribution in [3.8, 4) is 5.75 Å². The lowest BCUT2D eigenvalue weighted by Crippen LogP contribution is -2.41. The number of sulfonamides is 1. The smallest absolute Gasteiger partial charge is 0.245 e. The molecule has 0 aromatic heterocycles. The van der Waals surface area contributed by atoms with Gasteiger partial charge in [0.05, 0.1) is 12.0 Å². The number of hydrogen-bond acceptors (Lipinski definition) is 4. The molecule has 0 saturated carbocycles. The molecule has 26 heavy (non-hydrogen) atoms. The van der Waals surface area contributed by atoms with Gasteiger partial charge < -0.3 is 9.64 Å². The summed E-state index contributed by atoms with van der Waals surface area (Å²) in [7, 11) is -2.33. The Kier molecular flexibility index (Phi) is 5.02. The lowest BCUT2D eigenvalue weighted by atomic mass is 10.1. The molecular weight excluding hydrogens is 352 g/mol. The quantitative estimate of drug-likeness (QED) is 0.872. The normalized spacial score (nSPS) is 17.6. The third-order valence-corrected chi connectivity index (χ3v) is 6.13. The van der Waals surface area contributed by atoms with Gasteiger partial charge in [0.2, 0.25) is 15.9 Å². The SMILES string of the molecule is COc1cccc(S(=O)(=O)N[C@@H]2CCN(c3ccc(C)c(C)c3)C2=O)c1. The second-order valence-electron chi connectivity index (χ2n) is 6.40. The van der Waals surface area contributed by atoms with E-state index in [9.17, 15) is 13.2 Å². The van der Waals surface area contributed by atoms with Crippen molar-refractivity contribution in [2.45, 2.75) is 31.2 Å². The minimum Gasteiger partial charge on any atom is -0.497 e. The van der Waals surface area contributed by atoms with Crippen LogP contribution in [0.4, 0.5) is 5.69 Å². The van der Waals surface area contributed by atoms with Crippen LogP contribution in [0.25, 0.3) is 0 Å². The Morgan fingerprint density at radius 3 is 2.58 bits per heavy atom. The van der Waals surface area contributed by atoms with Gasteiger partial charge in [0.1, 0.15) is 11.8 Å². The Morgan fingerprint density at radius 1 is 1.12 bits per heavy atom. The van der Waals surface area contributed by atoms with E-state index >= 15 is 0 Å². The zero-order chi connectivity index (χ0) is 18.9. The van der Waals surface area contributed by atoms with Gasteiger partial charge in [-0.15, -0.1) is 0 Å². The fourth-order valence-corrected chi connectivity index (χ4v) is 4.22. The summed E-state index contributed by atoms with van der Waals surface area (Å²) in [6.45, 7) is 4.48. The topological polar surface area (TPSA) is 75.7 Å². The fourth-order valence-electron chi connectivity index (χ4n) is 2.96. The van der Waals surface area contributed by atoms with E-state index in [-0.39, 0.29) is 10.8 Å². The van der Waals surface area contributed by atoms with Crippen LogP contribution in [-0.2, 0) is 14.8 Å². The van der Waals surface area contributed by atoms with Gasteiger partial charge in [-0.2, -0.15) is 4.72 Å². The number of nitrogens with zero attached hydrogens (tertiary/aromatic N) is 1. The van der Waals surface area contributed by atoms with Crippen molar-refractivity contribution in [2.75, 3.05) is 18.6 Å². The van der Waals surface area contributed by atoms with Crippen LogP contribution in [0, 0.1) is 13.8 Å². The largest absolute Gasteiger partial charge is 0.497 e. The molecule has 2 aromatic carbocycles. The van der Waals surface area contributed by atoms with E-state index < -0.39 is 16.1 Å². The molecule has 138 valence electrons. The number of hydrogen-bond donors (Lipinski definition) is 1. The highest BCUT2D eigenvalue weighted by Gasteiger charge is 2.35. The van der Waals surface area contributed by atoms with Crippen molar-refractivity contribution >= 4 is 21.6 Å². The summed E-state index contributed by atoms with van der Waals surface area (Å²) in [6.07, 6.45) is 0.426. The van der Waals surface area contributed by atoms with E-state index in [2.05, 4.69) is 4.72 Å². The lowest BCUT2D eigenvalue weighted by Gasteiger charge is -2.18. The van der Waals surface area contributed by atoms with Gasteiger partial charge in [-0.05, 0) is 55.7 Å². The summed E-state index contributed by atoms with van der Waals surface area (Å²) in [5.41, 5.74) is 3.03. The maximum Gasteiger partial charge on any atom is 0.245 e. The molecule has 0 bridgehead atoms. The minimum atomic E-state index is -3.81. The van der Waals surface area contributed by atoms with Crippen molar-refractivity contribution in [1.29, 1.82) is 0 Å². The first-order valence-corrected chi connectivity index (χ1v) is 9.85. The third kappa shape index (κ3) is 3.59. The number of rotatable bonds is 5. The molecule has 0 spiro atoms. The van der Waals surface area contributed by atoms with Crippen molar-refractivity contribution in [3.63, 3.8) is 0 Å². The molecular formula is C19H22N2O4S. The van der Waals surface area contributed by atoms with Crippen LogP contribution < -0.4 is 14.4 Å². The maximum atomic E-state index is 12.7. The van der Waals surface area contributed by atoms with Crippen LogP contribution in [-0.4, -0.2) is 34.0 Å². The standard InChI is InChI=1S/C19H22N2O4S/c1-13-7-8-15(11-14(13)2)21-10-9-18(19(21)22)20-26(23,24)17-6-4-5-16(12-17)25-3/h4-8,11-12,18,20H,9-10H2,1-3H3/t18-/m1/s1. The number of amides is 1. The summed E-state index contributed by atoms with van der Waals surface area (Å²) in [5.74, 6) is 0.210. The van der Waals surface area contributed by atoms with Crippen LogP contribution in [0.5, 0.6) is 5.75 Å². The molecule has 1 aliphatic heterocycles. The number of benzene rings is 2. The summed E-state index contributed by atoms with van der Waals surface area (Å²) < 4.78 is 32.8. The van der Waals surface area contributed by atoms with Gasteiger partial charge in [0, 0.05) is 18.3 Å². The first kappa shape index (κ1) is 18.4. The lowest BCUT2D eigenvalue weighted by molar-refractivity contribution is -0.118. The Bertz CT molecular complexity index is 940. The molecule has 0 radical (unpaired) electrons. The first-order chi connectivity index (χ1) is 12.3. The van der Waals surface area contributed by atoms with Crippen LogP contribution in [0.1, 0.15) is 17.5 Å². The number of carbonyl (C=O) groups excluding carboxylic acids is 1. The fraction of sp³-hybridized carbons (Fsp3) is 0.316. The molecule has 1 amide bonds. The monoisotopic (exact) mass is 374 g/mol. The average molecular weight is 374 g/mol. The molecule has 1 N–H and O–H groups in total. The minimum absolute atomic E-state index is 0.0780. The van der Waals surface area contributed by atoms with E-state index in [0.29, 0.717) is 18.7 Å². The van der Waals surface area contributed by atoms with Crippen molar-refractivity contribution < 1.29 is 17.9 Å². The van der Waals surface area contributed by atoms with Crippen molar-refractivity contribution in [3.05, 3.63) is 53.6 Å². The van der Waals surface area contributed by atoms with Gasteiger partial charge in [0.15, 0.2) is 0 Å². The third-order valence-electron chi connectivity index (χ3n) is 4.66. The van der Waals surface area contributed by atoms with Crippen LogP contribution >= 0.6 is 0 Å². The Labute approximate surface area is 153 Å². The molecule has 2 aromatic rings. The highest BCUT2D eigenvalue weighted by molar-refractivity contribution is 7.89. The Balaban J connectivity index is 1.78. The van der Waals surface area contributed by atoms with E-state index in [1.165, 1.54) is 19.2 Å². The predicted molar refractivity (Wildman–Crippen MR) is 100.0 cm³/mol. The highest BCUT2D eigenvalue weighted by Crippen LogP contribution is 2.25. The van der Waals surface area contributed by atoms with Crippen LogP contribution in [0.3, 0.4) is 0 Å². The van der Waals surface area contributed by atoms with E-state index in [0.717, 1.165) is 16.8 Å². The number of aryl methyl sites for hydroxylation is 2. The van der Waals surface area contributed by atoms with E-state index in [1.54, 1.807) is 17.0 Å². The van der Waals surface area contributed by atoms with Gasteiger partial charge in [-0.25, -0.2) is 8.42 Å². The number of anilines is 1. The molecule has 1 fully saturated rings. The summed E-state index contributed by atoms with van der Waals surface area (Å²) in [5, 5.41) is 0. The van der Waals surface area contributed by atoms with Crippen molar-refractivity contribution in [1.82, 2.24) is 4.72 Å². The number of ether oxygens (including phenoxy) is 1. The van der Waals surface area contributed by atoms with Gasteiger partial charge >= 0.3 is 0 Å². The predicted octanol–water partition coefficient (Wildman–Crippen LogP) is 2.40. The molecule has 7 heteroatoms. The first-order valence-electron chi connectivity index (χ1n) is 8.37. The van der Waals surface area contributed by atoms with E-state index in [4.69, 9.17) is 4.74 Å². The summed E-state index contributed by atoms with van der Waals surface area (Å²) in [4.78, 5) is 14.4. The number of methoxy groups -OCH3 is 1. The van der Waals surface area contributed by atoms with Gasteiger partial charge in [-0.3, -0.25) is 4.79 Å². The molecule has 6 nitrogen and oxygen atoms in total. The molecule has 1 saturated heterocycles. The molecule has 1 heterocycles. The maximum absolute atomic E-state index is 12.7. The van der Waals surface area contributed by atoms with Gasteiger partial charge in [-0.1, -0.05) is 12.1 Å². The molecule has 1 aliphatic rings. The molecule has 3 rings (SSSR count). The van der Waals surface area contributed by atoms with Crippen LogP contribution in [0.15, 0.2) is 47.4 Å². The molecule has 0 unspecified atom stereocenters. The second kappa shape index (κ2) is 7.09. The average Bonchev–Trinajstić information content (AvgIpc) is 2.97.